The van der Waals surface area contributed by atoms with Crippen LogP contribution < -0.4 is 0 Å². The summed E-state index contributed by atoms with van der Waals surface area (Å²) in [6.07, 6.45) is 3.24. The predicted molar refractivity (Wildman–Crippen MR) is 55.9 cm³/mol. The Balaban J connectivity index is 0.000000396. The van der Waals surface area contributed by atoms with Crippen LogP contribution in [0.5, 0.6) is 5.75 Å². The molecule has 0 atom stereocenters. The van der Waals surface area contributed by atoms with Gasteiger partial charge >= 0.3 is 0 Å². The normalized spacial score (nSPS) is 9.46. The zero-order chi connectivity index (χ0) is 9.84. The summed E-state index contributed by atoms with van der Waals surface area (Å²) in [4.78, 5) is 0. The van der Waals surface area contributed by atoms with E-state index in [2.05, 4.69) is 21.0 Å². The number of hydrogen-bond acceptors (Lipinski definition) is 2. The van der Waals surface area contributed by atoms with Gasteiger partial charge in [-0.05, 0) is 28.1 Å². The van der Waals surface area contributed by atoms with Crippen molar-refractivity contribution in [3.05, 3.63) is 29.0 Å². The molecule has 0 aliphatic heterocycles. The first-order chi connectivity index (χ1) is 6.27. The first-order valence-corrected chi connectivity index (χ1v) is 4.88. The number of halogens is 1. The summed E-state index contributed by atoms with van der Waals surface area (Å²) < 4.78 is 2.45. The zero-order valence-electron chi connectivity index (χ0n) is 7.53. The molecule has 2 aromatic rings. The molecule has 2 heterocycles. The number of fused-ring (bicyclic) bond motifs is 1. The molecule has 13 heavy (non-hydrogen) atoms. The van der Waals surface area contributed by atoms with Gasteiger partial charge in [-0.15, -0.1) is 0 Å². The third kappa shape index (κ3) is 2.01. The molecule has 0 amide bonds. The average molecular weight is 243 g/mol. The molecule has 0 unspecified atom stereocenters. The van der Waals surface area contributed by atoms with E-state index in [-0.39, 0.29) is 5.75 Å². The van der Waals surface area contributed by atoms with Crippen LogP contribution in [0, 0.1) is 0 Å². The summed E-state index contributed by atoms with van der Waals surface area (Å²) in [5.41, 5.74) is 0.947. The van der Waals surface area contributed by atoms with E-state index in [9.17, 15) is 0 Å². The number of pyridine rings is 1. The lowest BCUT2D eigenvalue weighted by atomic mass is 10.4. The molecule has 0 aromatic carbocycles. The van der Waals surface area contributed by atoms with Gasteiger partial charge in [0.05, 0.1) is 17.9 Å². The molecule has 0 bridgehead atoms. The van der Waals surface area contributed by atoms with Crippen molar-refractivity contribution in [1.29, 1.82) is 0 Å². The van der Waals surface area contributed by atoms with E-state index in [1.165, 1.54) is 0 Å². The number of hydrogen-bond donors (Lipinski definition) is 1. The lowest BCUT2D eigenvalue weighted by molar-refractivity contribution is 0.470. The maximum absolute atomic E-state index is 9.14. The van der Waals surface area contributed by atoms with E-state index in [4.69, 9.17) is 5.11 Å². The highest BCUT2D eigenvalue weighted by molar-refractivity contribution is 9.10. The highest BCUT2D eigenvalue weighted by Crippen LogP contribution is 2.21. The number of rotatable bonds is 0. The molecule has 0 aliphatic carbocycles. The molecule has 0 aliphatic rings. The van der Waals surface area contributed by atoms with Gasteiger partial charge in [-0.1, -0.05) is 13.8 Å². The fraction of sp³-hybridized carbons (Fsp3) is 0.222. The van der Waals surface area contributed by atoms with Crippen molar-refractivity contribution >= 4 is 21.4 Å². The van der Waals surface area contributed by atoms with Crippen molar-refractivity contribution in [3.8, 4) is 5.75 Å². The lowest BCUT2D eigenvalue weighted by Gasteiger charge is -1.96. The molecule has 0 saturated carbocycles. The van der Waals surface area contributed by atoms with Gasteiger partial charge < -0.3 is 5.11 Å². The van der Waals surface area contributed by atoms with Gasteiger partial charge in [-0.2, -0.15) is 5.10 Å². The number of aromatic hydroxyl groups is 1. The van der Waals surface area contributed by atoms with Crippen LogP contribution in [0.25, 0.3) is 5.52 Å². The van der Waals surface area contributed by atoms with Crippen LogP contribution in [0.15, 0.2) is 29.0 Å². The molecular formula is C9H11BrN2O. The molecule has 3 nitrogen and oxygen atoms in total. The highest BCUT2D eigenvalue weighted by Gasteiger charge is 1.99. The maximum atomic E-state index is 9.14. The number of aromatic nitrogens is 2. The standard InChI is InChI=1S/C7H5BrN2O.C2H6/c8-6-3-5(11)4-10-7(6)1-2-9-10;1-2/h1-4,11H;1-2H3. The number of nitrogens with zero attached hydrogens (tertiary/aromatic N) is 2. The van der Waals surface area contributed by atoms with E-state index in [1.54, 1.807) is 23.0 Å². The Hall–Kier alpha value is -1.03. The van der Waals surface area contributed by atoms with E-state index >= 15 is 0 Å². The Morgan fingerprint density at radius 2 is 2.15 bits per heavy atom. The van der Waals surface area contributed by atoms with Gasteiger partial charge in [0.25, 0.3) is 0 Å². The zero-order valence-corrected chi connectivity index (χ0v) is 9.12. The third-order valence-electron chi connectivity index (χ3n) is 1.44. The van der Waals surface area contributed by atoms with Crippen LogP contribution in [0.4, 0.5) is 0 Å². The van der Waals surface area contributed by atoms with E-state index in [0.29, 0.717) is 0 Å². The fourth-order valence-corrected chi connectivity index (χ4v) is 1.52. The summed E-state index contributed by atoms with van der Waals surface area (Å²) >= 11 is 3.31. The summed E-state index contributed by atoms with van der Waals surface area (Å²) in [6.45, 7) is 4.00. The van der Waals surface area contributed by atoms with Crippen LogP contribution in [0.2, 0.25) is 0 Å². The van der Waals surface area contributed by atoms with Gasteiger partial charge in [0.15, 0.2) is 0 Å². The molecule has 0 radical (unpaired) electrons. The largest absolute Gasteiger partial charge is 0.506 e. The third-order valence-corrected chi connectivity index (χ3v) is 2.08. The first kappa shape index (κ1) is 10.1. The van der Waals surface area contributed by atoms with Crippen LogP contribution in [0.1, 0.15) is 13.8 Å². The van der Waals surface area contributed by atoms with Gasteiger partial charge in [-0.25, -0.2) is 4.52 Å². The molecule has 70 valence electrons. The van der Waals surface area contributed by atoms with Gasteiger partial charge in [0.2, 0.25) is 0 Å². The summed E-state index contributed by atoms with van der Waals surface area (Å²) in [6, 6.07) is 3.50. The quantitative estimate of drug-likeness (QED) is 0.772. The van der Waals surface area contributed by atoms with Crippen molar-refractivity contribution in [2.45, 2.75) is 13.8 Å². The molecule has 0 spiro atoms. The van der Waals surface area contributed by atoms with Crippen molar-refractivity contribution in [2.75, 3.05) is 0 Å². The maximum Gasteiger partial charge on any atom is 0.135 e. The van der Waals surface area contributed by atoms with Crippen molar-refractivity contribution < 1.29 is 5.11 Å². The monoisotopic (exact) mass is 242 g/mol. The summed E-state index contributed by atoms with van der Waals surface area (Å²) in [7, 11) is 0. The Morgan fingerprint density at radius 3 is 2.85 bits per heavy atom. The molecule has 2 aromatic heterocycles. The van der Waals surface area contributed by atoms with Crippen molar-refractivity contribution in [2.24, 2.45) is 0 Å². The first-order valence-electron chi connectivity index (χ1n) is 4.09. The van der Waals surface area contributed by atoms with Crippen molar-refractivity contribution in [1.82, 2.24) is 9.61 Å². The second-order valence-corrected chi connectivity index (χ2v) is 3.06. The Kier molecular flexibility index (Phi) is 3.31. The predicted octanol–water partition coefficient (Wildman–Crippen LogP) is 2.83. The minimum Gasteiger partial charge on any atom is -0.506 e. The lowest BCUT2D eigenvalue weighted by Crippen LogP contribution is -1.85. The minimum atomic E-state index is 0.202. The van der Waals surface area contributed by atoms with Gasteiger partial charge in [0.1, 0.15) is 5.75 Å². The average Bonchev–Trinajstić information content (AvgIpc) is 2.55. The molecular weight excluding hydrogens is 232 g/mol. The van der Waals surface area contributed by atoms with Crippen LogP contribution in [-0.4, -0.2) is 14.7 Å². The smallest absolute Gasteiger partial charge is 0.135 e. The van der Waals surface area contributed by atoms with Gasteiger partial charge in [-0.3, -0.25) is 0 Å². The molecule has 2 rings (SSSR count). The fourth-order valence-electron chi connectivity index (χ4n) is 0.973. The Bertz CT molecular complexity index is 397. The molecule has 4 heteroatoms. The second-order valence-electron chi connectivity index (χ2n) is 2.21. The molecule has 1 N–H and O–H groups in total. The van der Waals surface area contributed by atoms with E-state index < -0.39 is 0 Å². The van der Waals surface area contributed by atoms with Crippen LogP contribution in [-0.2, 0) is 0 Å². The topological polar surface area (TPSA) is 37.5 Å². The molecule has 0 fully saturated rings. The van der Waals surface area contributed by atoms with Crippen LogP contribution >= 0.6 is 15.9 Å². The van der Waals surface area contributed by atoms with E-state index in [1.807, 2.05) is 19.9 Å². The SMILES string of the molecule is CC.Oc1cc(Br)c2ccnn2c1. The second kappa shape index (κ2) is 4.28. The highest BCUT2D eigenvalue weighted by atomic mass is 79.9. The van der Waals surface area contributed by atoms with E-state index in [0.717, 1.165) is 9.99 Å². The van der Waals surface area contributed by atoms with Crippen molar-refractivity contribution in [3.63, 3.8) is 0 Å². The minimum absolute atomic E-state index is 0.202. The Labute approximate surface area is 85.1 Å². The van der Waals surface area contributed by atoms with Crippen LogP contribution in [0.3, 0.4) is 0 Å². The summed E-state index contributed by atoms with van der Waals surface area (Å²) in [5.74, 6) is 0.202. The van der Waals surface area contributed by atoms with Gasteiger partial charge in [0, 0.05) is 4.47 Å². The Morgan fingerprint density at radius 1 is 1.46 bits per heavy atom. The summed E-state index contributed by atoms with van der Waals surface area (Å²) in [5, 5.41) is 13.1. The molecule has 0 saturated heterocycles.